The molecule has 0 saturated heterocycles. The Hall–Kier alpha value is -2.08. The molecular weight excluding hydrogens is 392 g/mol. The van der Waals surface area contributed by atoms with Crippen LogP contribution in [0, 0.1) is 0 Å². The number of alkyl halides is 3. The standard InChI is InChI=1S/C15H16BF3O7S/c16-8-10-3-5-11(6-4-10)14(21)25-7-1-2-13(20)26-12(15(17,18)19)9-27(22,23)24/h3-6,12H,1-2,7-9H2,(H,22,23,24). The molecular formula is C15H16BF3O7S. The van der Waals surface area contributed by atoms with Crippen molar-refractivity contribution in [3.8, 4) is 0 Å². The van der Waals surface area contributed by atoms with Gasteiger partial charge in [0.15, 0.2) is 0 Å². The van der Waals surface area contributed by atoms with E-state index in [2.05, 4.69) is 4.74 Å². The molecule has 1 rings (SSSR count). The highest BCUT2D eigenvalue weighted by atomic mass is 32.2. The summed E-state index contributed by atoms with van der Waals surface area (Å²) in [4.78, 5) is 23.2. The van der Waals surface area contributed by atoms with E-state index >= 15 is 0 Å². The van der Waals surface area contributed by atoms with Crippen LogP contribution in [-0.4, -0.2) is 57.4 Å². The van der Waals surface area contributed by atoms with Crippen molar-refractivity contribution in [1.82, 2.24) is 0 Å². The van der Waals surface area contributed by atoms with Crippen LogP contribution >= 0.6 is 0 Å². The Bertz CT molecular complexity index is 748. The molecule has 0 aromatic heterocycles. The van der Waals surface area contributed by atoms with Crippen LogP contribution in [0.3, 0.4) is 0 Å². The van der Waals surface area contributed by atoms with Crippen LogP contribution in [0.2, 0.25) is 0 Å². The summed E-state index contributed by atoms with van der Waals surface area (Å²) in [6.07, 6.45) is -8.52. The minimum absolute atomic E-state index is 0.137. The molecule has 1 atom stereocenters. The second-order valence-electron chi connectivity index (χ2n) is 5.41. The fourth-order valence-corrected chi connectivity index (χ4v) is 2.49. The number of hydrogen-bond acceptors (Lipinski definition) is 6. The average Bonchev–Trinajstić information content (AvgIpc) is 2.56. The summed E-state index contributed by atoms with van der Waals surface area (Å²) >= 11 is 0. The fourth-order valence-electron chi connectivity index (χ4n) is 1.85. The van der Waals surface area contributed by atoms with Gasteiger partial charge in [-0.05, 0) is 18.6 Å². The summed E-state index contributed by atoms with van der Waals surface area (Å²) in [5.74, 6) is -3.83. The summed E-state index contributed by atoms with van der Waals surface area (Å²) in [6.45, 7) is -0.262. The summed E-state index contributed by atoms with van der Waals surface area (Å²) in [7, 11) is 0.421. The Kier molecular flexibility index (Phi) is 8.29. The molecule has 7 nitrogen and oxygen atoms in total. The molecule has 1 unspecified atom stereocenters. The first-order chi connectivity index (χ1) is 12.4. The van der Waals surface area contributed by atoms with Crippen LogP contribution in [-0.2, 0) is 30.7 Å². The Morgan fingerprint density at radius 3 is 2.26 bits per heavy atom. The summed E-state index contributed by atoms with van der Waals surface area (Å²) in [5.41, 5.74) is 1.04. The number of ether oxygens (including phenoxy) is 2. The van der Waals surface area contributed by atoms with Crippen LogP contribution in [0.15, 0.2) is 24.3 Å². The number of halogens is 3. The maximum Gasteiger partial charge on any atom is 0.426 e. The topological polar surface area (TPSA) is 107 Å². The minimum Gasteiger partial charge on any atom is -0.462 e. The molecule has 0 aliphatic carbocycles. The minimum atomic E-state index is -5.16. The highest BCUT2D eigenvalue weighted by molar-refractivity contribution is 7.85. The third kappa shape index (κ3) is 8.91. The van der Waals surface area contributed by atoms with Crippen molar-refractivity contribution in [3.63, 3.8) is 0 Å². The Morgan fingerprint density at radius 1 is 1.19 bits per heavy atom. The van der Waals surface area contributed by atoms with Crippen molar-refractivity contribution < 1.29 is 45.2 Å². The van der Waals surface area contributed by atoms with Gasteiger partial charge in [-0.1, -0.05) is 24.0 Å². The normalized spacial score (nSPS) is 13.0. The number of carbonyl (C=O) groups excluding carboxylic acids is 2. The third-order valence-electron chi connectivity index (χ3n) is 3.18. The predicted molar refractivity (Wildman–Crippen MR) is 87.8 cm³/mol. The Morgan fingerprint density at radius 2 is 1.78 bits per heavy atom. The van der Waals surface area contributed by atoms with Crippen LogP contribution < -0.4 is 0 Å². The number of benzene rings is 1. The second-order valence-corrected chi connectivity index (χ2v) is 6.91. The van der Waals surface area contributed by atoms with Gasteiger partial charge in [0, 0.05) is 6.42 Å². The average molecular weight is 408 g/mol. The van der Waals surface area contributed by atoms with E-state index in [4.69, 9.17) is 17.1 Å². The zero-order valence-electron chi connectivity index (χ0n) is 13.9. The van der Waals surface area contributed by atoms with Gasteiger partial charge < -0.3 is 9.47 Å². The molecule has 1 aromatic rings. The second kappa shape index (κ2) is 9.74. The number of rotatable bonds is 9. The Balaban J connectivity index is 2.43. The van der Waals surface area contributed by atoms with Gasteiger partial charge in [-0.15, -0.1) is 0 Å². The molecule has 0 aliphatic rings. The lowest BCUT2D eigenvalue weighted by atomic mass is 9.96. The van der Waals surface area contributed by atoms with Crippen molar-refractivity contribution >= 4 is 29.9 Å². The van der Waals surface area contributed by atoms with Crippen molar-refractivity contribution in [2.75, 3.05) is 12.4 Å². The SMILES string of the molecule is [B]Cc1ccc(C(=O)OCCCC(=O)OC(CS(=O)(=O)O)C(F)(F)F)cc1. The summed E-state index contributed by atoms with van der Waals surface area (Å²) < 4.78 is 76.4. The lowest BCUT2D eigenvalue weighted by Crippen LogP contribution is -2.39. The van der Waals surface area contributed by atoms with Gasteiger partial charge in [0.25, 0.3) is 10.1 Å². The molecule has 2 radical (unpaired) electrons. The van der Waals surface area contributed by atoms with E-state index in [0.717, 1.165) is 5.56 Å². The first-order valence-electron chi connectivity index (χ1n) is 7.60. The first kappa shape index (κ1) is 23.0. The van der Waals surface area contributed by atoms with E-state index in [1.165, 1.54) is 12.1 Å². The van der Waals surface area contributed by atoms with E-state index in [9.17, 15) is 31.2 Å². The zero-order valence-corrected chi connectivity index (χ0v) is 14.8. The van der Waals surface area contributed by atoms with Crippen LogP contribution in [0.5, 0.6) is 0 Å². The molecule has 0 fully saturated rings. The lowest BCUT2D eigenvalue weighted by Gasteiger charge is -2.19. The summed E-state index contributed by atoms with van der Waals surface area (Å²) in [6, 6.07) is 6.23. The number of esters is 2. The van der Waals surface area contributed by atoms with Crippen LogP contribution in [0.4, 0.5) is 13.2 Å². The lowest BCUT2D eigenvalue weighted by molar-refractivity contribution is -0.215. The quantitative estimate of drug-likeness (QED) is 0.287. The number of hydrogen-bond donors (Lipinski definition) is 1. The van der Waals surface area contributed by atoms with Crippen molar-refractivity contribution in [3.05, 3.63) is 35.4 Å². The fraction of sp³-hybridized carbons (Fsp3) is 0.467. The highest BCUT2D eigenvalue weighted by Crippen LogP contribution is 2.24. The van der Waals surface area contributed by atoms with E-state index in [-0.39, 0.29) is 18.6 Å². The zero-order chi connectivity index (χ0) is 20.7. The van der Waals surface area contributed by atoms with Crippen molar-refractivity contribution in [1.29, 1.82) is 0 Å². The molecule has 0 saturated carbocycles. The molecule has 1 aromatic carbocycles. The van der Waals surface area contributed by atoms with Gasteiger partial charge >= 0.3 is 18.1 Å². The van der Waals surface area contributed by atoms with E-state index in [1.807, 2.05) is 0 Å². The monoisotopic (exact) mass is 408 g/mol. The van der Waals surface area contributed by atoms with E-state index < -0.39 is 46.5 Å². The molecule has 27 heavy (non-hydrogen) atoms. The predicted octanol–water partition coefficient (Wildman–Crippen LogP) is 1.65. The molecule has 148 valence electrons. The smallest absolute Gasteiger partial charge is 0.426 e. The summed E-state index contributed by atoms with van der Waals surface area (Å²) in [5, 5.41) is 0. The van der Waals surface area contributed by atoms with Gasteiger partial charge in [0.2, 0.25) is 6.10 Å². The molecule has 0 heterocycles. The van der Waals surface area contributed by atoms with Gasteiger partial charge in [0.1, 0.15) is 5.75 Å². The third-order valence-corrected chi connectivity index (χ3v) is 3.91. The van der Waals surface area contributed by atoms with Gasteiger partial charge in [-0.3, -0.25) is 9.35 Å². The number of carbonyl (C=O) groups is 2. The molecule has 12 heteroatoms. The maximum absolute atomic E-state index is 12.6. The van der Waals surface area contributed by atoms with Crippen LogP contribution in [0.1, 0.15) is 28.8 Å². The molecule has 0 spiro atoms. The Labute approximate surface area is 155 Å². The largest absolute Gasteiger partial charge is 0.462 e. The van der Waals surface area contributed by atoms with Crippen molar-refractivity contribution in [2.24, 2.45) is 0 Å². The van der Waals surface area contributed by atoms with Crippen LogP contribution in [0.25, 0.3) is 0 Å². The van der Waals surface area contributed by atoms with Gasteiger partial charge in [-0.2, -0.15) is 21.6 Å². The molecule has 0 bridgehead atoms. The molecule has 0 aliphatic heterocycles. The van der Waals surface area contributed by atoms with Crippen molar-refractivity contribution in [2.45, 2.75) is 31.4 Å². The highest BCUT2D eigenvalue weighted by Gasteiger charge is 2.45. The van der Waals surface area contributed by atoms with Gasteiger partial charge in [0.05, 0.1) is 20.0 Å². The molecule has 1 N–H and O–H groups in total. The molecule has 0 amide bonds. The van der Waals surface area contributed by atoms with E-state index in [0.29, 0.717) is 6.32 Å². The van der Waals surface area contributed by atoms with Gasteiger partial charge in [-0.25, -0.2) is 4.79 Å². The van der Waals surface area contributed by atoms with E-state index in [1.54, 1.807) is 12.1 Å². The maximum atomic E-state index is 12.6. The first-order valence-corrected chi connectivity index (χ1v) is 9.21.